The van der Waals surface area contributed by atoms with Gasteiger partial charge < -0.3 is 15.3 Å². The number of rotatable bonds is 4. The molecule has 0 saturated carbocycles. The third-order valence-corrected chi connectivity index (χ3v) is 4.27. The largest absolute Gasteiger partial charge is 0.352 e. The molecule has 128 valence electrons. The van der Waals surface area contributed by atoms with Crippen LogP contribution < -0.4 is 16.4 Å². The van der Waals surface area contributed by atoms with Crippen LogP contribution in [0.25, 0.3) is 11.0 Å². The molecule has 0 aliphatic rings. The zero-order chi connectivity index (χ0) is 18.0. The molecule has 2 aromatic carbocycles. The number of carbonyl (C=O) groups excluding carboxylic acids is 1. The normalized spacial score (nSPS) is 10.8. The van der Waals surface area contributed by atoms with E-state index in [-0.39, 0.29) is 5.91 Å². The fraction of sp³-hybridized carbons (Fsp3) is 0.118. The number of halogens is 2. The maximum atomic E-state index is 12.2. The van der Waals surface area contributed by atoms with Crippen LogP contribution in [-0.4, -0.2) is 22.4 Å². The van der Waals surface area contributed by atoms with Crippen LogP contribution in [-0.2, 0) is 6.42 Å². The number of hydrogen-bond donors (Lipinski definition) is 3. The summed E-state index contributed by atoms with van der Waals surface area (Å²) in [6, 6.07) is 9.86. The predicted molar refractivity (Wildman–Crippen MR) is 97.7 cm³/mol. The van der Waals surface area contributed by atoms with Crippen molar-refractivity contribution < 1.29 is 4.79 Å². The Morgan fingerprint density at radius 3 is 2.40 bits per heavy atom. The first kappa shape index (κ1) is 17.3. The number of H-pyrrole nitrogens is 2. The van der Waals surface area contributed by atoms with Crippen LogP contribution in [0.15, 0.2) is 46.0 Å². The highest BCUT2D eigenvalue weighted by molar-refractivity contribution is 6.35. The van der Waals surface area contributed by atoms with Gasteiger partial charge in [-0.05, 0) is 42.3 Å². The monoisotopic (exact) mass is 377 g/mol. The second-order valence-corrected chi connectivity index (χ2v) is 6.25. The van der Waals surface area contributed by atoms with Gasteiger partial charge in [-0.25, -0.2) is 0 Å². The van der Waals surface area contributed by atoms with Crippen LogP contribution >= 0.6 is 23.2 Å². The Balaban J connectivity index is 1.70. The maximum absolute atomic E-state index is 12.2. The second kappa shape index (κ2) is 7.13. The van der Waals surface area contributed by atoms with Crippen molar-refractivity contribution in [2.75, 3.05) is 6.54 Å². The zero-order valence-electron chi connectivity index (χ0n) is 12.9. The summed E-state index contributed by atoms with van der Waals surface area (Å²) in [4.78, 5) is 39.8. The molecule has 0 radical (unpaired) electrons. The number of amides is 1. The van der Waals surface area contributed by atoms with E-state index >= 15 is 0 Å². The van der Waals surface area contributed by atoms with E-state index in [1.54, 1.807) is 24.3 Å². The number of nitrogens with one attached hydrogen (secondary N) is 3. The van der Waals surface area contributed by atoms with Gasteiger partial charge in [-0.2, -0.15) is 0 Å². The highest BCUT2D eigenvalue weighted by atomic mass is 35.5. The van der Waals surface area contributed by atoms with Crippen molar-refractivity contribution in [3.63, 3.8) is 0 Å². The molecule has 0 unspecified atom stereocenters. The molecule has 1 aromatic heterocycles. The van der Waals surface area contributed by atoms with Gasteiger partial charge >= 0.3 is 11.1 Å². The Morgan fingerprint density at radius 2 is 1.68 bits per heavy atom. The van der Waals surface area contributed by atoms with Crippen LogP contribution in [0.5, 0.6) is 0 Å². The summed E-state index contributed by atoms with van der Waals surface area (Å²) in [5.74, 6) is -0.293. The van der Waals surface area contributed by atoms with Crippen LogP contribution in [0.2, 0.25) is 10.0 Å². The average molecular weight is 378 g/mol. The van der Waals surface area contributed by atoms with Gasteiger partial charge in [0.2, 0.25) is 0 Å². The second-order valence-electron chi connectivity index (χ2n) is 5.41. The van der Waals surface area contributed by atoms with Gasteiger partial charge in [0.05, 0.1) is 11.0 Å². The summed E-state index contributed by atoms with van der Waals surface area (Å²) < 4.78 is 0. The molecular formula is C17H13Cl2N3O3. The maximum Gasteiger partial charge on any atom is 0.314 e. The molecule has 0 bridgehead atoms. The minimum absolute atomic E-state index is 0.293. The molecule has 25 heavy (non-hydrogen) atoms. The summed E-state index contributed by atoms with van der Waals surface area (Å²) >= 11 is 11.9. The lowest BCUT2D eigenvalue weighted by Gasteiger charge is -2.08. The lowest BCUT2D eigenvalue weighted by atomic mass is 10.1. The molecule has 6 nitrogen and oxygen atoms in total. The number of aromatic nitrogens is 2. The Kier molecular flexibility index (Phi) is 4.92. The van der Waals surface area contributed by atoms with Crippen LogP contribution in [0.4, 0.5) is 0 Å². The van der Waals surface area contributed by atoms with E-state index in [4.69, 9.17) is 23.2 Å². The molecule has 0 spiro atoms. The molecule has 3 N–H and O–H groups in total. The van der Waals surface area contributed by atoms with Gasteiger partial charge in [0, 0.05) is 22.2 Å². The lowest BCUT2D eigenvalue weighted by molar-refractivity contribution is 0.0954. The first-order valence-corrected chi connectivity index (χ1v) is 8.18. The van der Waals surface area contributed by atoms with Crippen molar-refractivity contribution in [3.8, 4) is 0 Å². The van der Waals surface area contributed by atoms with Gasteiger partial charge in [0.1, 0.15) is 0 Å². The SMILES string of the molecule is O=C(NCCc1ccc(Cl)cc1Cl)c1ccc2[nH]c(=O)c(=O)[nH]c2c1. The van der Waals surface area contributed by atoms with Crippen molar-refractivity contribution in [2.24, 2.45) is 0 Å². The molecule has 0 atom stereocenters. The Morgan fingerprint density at radius 1 is 0.960 bits per heavy atom. The molecule has 1 heterocycles. The van der Waals surface area contributed by atoms with E-state index in [9.17, 15) is 14.4 Å². The summed E-state index contributed by atoms with van der Waals surface area (Å²) in [7, 11) is 0. The molecular weight excluding hydrogens is 365 g/mol. The quantitative estimate of drug-likeness (QED) is 0.609. The number of hydrogen-bond acceptors (Lipinski definition) is 3. The molecule has 0 saturated heterocycles. The van der Waals surface area contributed by atoms with Gasteiger partial charge in [-0.3, -0.25) is 14.4 Å². The van der Waals surface area contributed by atoms with E-state index in [0.29, 0.717) is 39.6 Å². The molecule has 3 rings (SSSR count). The van der Waals surface area contributed by atoms with Gasteiger partial charge in [-0.1, -0.05) is 29.3 Å². The first-order chi connectivity index (χ1) is 11.9. The van der Waals surface area contributed by atoms with Crippen molar-refractivity contribution in [3.05, 3.63) is 78.3 Å². The highest BCUT2D eigenvalue weighted by Crippen LogP contribution is 2.21. The van der Waals surface area contributed by atoms with E-state index in [1.807, 2.05) is 6.07 Å². The number of benzene rings is 2. The number of aromatic amines is 2. The van der Waals surface area contributed by atoms with Crippen LogP contribution in [0, 0.1) is 0 Å². The van der Waals surface area contributed by atoms with Crippen molar-refractivity contribution in [2.45, 2.75) is 6.42 Å². The summed E-state index contributed by atoms with van der Waals surface area (Å²) in [5, 5.41) is 3.89. The van der Waals surface area contributed by atoms with Crippen molar-refractivity contribution in [1.82, 2.24) is 15.3 Å². The summed E-state index contributed by atoms with van der Waals surface area (Å²) in [6.45, 7) is 0.389. The fourth-order valence-corrected chi connectivity index (χ4v) is 2.90. The minimum Gasteiger partial charge on any atom is -0.352 e. The Bertz CT molecular complexity index is 1070. The van der Waals surface area contributed by atoms with Crippen LogP contribution in [0.3, 0.4) is 0 Å². The highest BCUT2D eigenvalue weighted by Gasteiger charge is 2.08. The Hall–Kier alpha value is -2.57. The zero-order valence-corrected chi connectivity index (χ0v) is 14.4. The molecule has 0 aliphatic carbocycles. The minimum atomic E-state index is -0.762. The third-order valence-electron chi connectivity index (χ3n) is 3.68. The molecule has 0 fully saturated rings. The molecule has 8 heteroatoms. The van der Waals surface area contributed by atoms with Crippen LogP contribution in [0.1, 0.15) is 15.9 Å². The van der Waals surface area contributed by atoms with E-state index < -0.39 is 11.1 Å². The third kappa shape index (κ3) is 3.92. The topological polar surface area (TPSA) is 94.8 Å². The predicted octanol–water partition coefficient (Wildman–Crippen LogP) is 2.50. The van der Waals surface area contributed by atoms with E-state index in [2.05, 4.69) is 15.3 Å². The number of carbonyl (C=O) groups is 1. The van der Waals surface area contributed by atoms with Gasteiger partial charge in [0.15, 0.2) is 0 Å². The standard InChI is InChI=1S/C17H13Cl2N3O3/c18-11-3-1-9(12(19)8-11)5-6-20-15(23)10-2-4-13-14(7-10)22-17(25)16(24)21-13/h1-4,7-8H,5-6H2,(H,20,23)(H,21,24)(H,22,25). The van der Waals surface area contributed by atoms with Crippen molar-refractivity contribution >= 4 is 40.1 Å². The van der Waals surface area contributed by atoms with Gasteiger partial charge in [-0.15, -0.1) is 0 Å². The Labute approximate surface area is 151 Å². The smallest absolute Gasteiger partial charge is 0.314 e. The average Bonchev–Trinajstić information content (AvgIpc) is 2.57. The summed E-state index contributed by atoms with van der Waals surface area (Å²) in [5.41, 5.74) is 0.600. The fourth-order valence-electron chi connectivity index (χ4n) is 2.39. The summed E-state index contributed by atoms with van der Waals surface area (Å²) in [6.07, 6.45) is 0.555. The molecule has 3 aromatic rings. The van der Waals surface area contributed by atoms with E-state index in [0.717, 1.165) is 5.56 Å². The van der Waals surface area contributed by atoms with Gasteiger partial charge in [0.25, 0.3) is 5.91 Å². The molecule has 0 aliphatic heterocycles. The number of fused-ring (bicyclic) bond motifs is 1. The van der Waals surface area contributed by atoms with Crippen molar-refractivity contribution in [1.29, 1.82) is 0 Å². The van der Waals surface area contributed by atoms with E-state index in [1.165, 1.54) is 6.07 Å². The molecule has 1 amide bonds. The lowest BCUT2D eigenvalue weighted by Crippen LogP contribution is -2.29. The first-order valence-electron chi connectivity index (χ1n) is 7.42.